The Kier molecular flexibility index (Phi) is 7.79. The summed E-state index contributed by atoms with van der Waals surface area (Å²) in [6.07, 6.45) is -0.375. The third kappa shape index (κ3) is 5.31. The number of non-ortho nitro benzene ring substituents is 1. The van der Waals surface area contributed by atoms with Gasteiger partial charge in [0.05, 0.1) is 44.7 Å². The summed E-state index contributed by atoms with van der Waals surface area (Å²) in [7, 11) is 1.07. The summed E-state index contributed by atoms with van der Waals surface area (Å²) in [6, 6.07) is 7.02. The van der Waals surface area contributed by atoms with E-state index in [1.54, 1.807) is 29.7 Å². The predicted molar refractivity (Wildman–Crippen MR) is 122 cm³/mol. The van der Waals surface area contributed by atoms with E-state index in [0.29, 0.717) is 11.0 Å². The Bertz CT molecular complexity index is 1310. The lowest BCUT2D eigenvalue weighted by Crippen LogP contribution is -2.49. The third-order valence-corrected chi connectivity index (χ3v) is 5.49. The van der Waals surface area contributed by atoms with Crippen LogP contribution in [0.5, 0.6) is 0 Å². The largest absolute Gasteiger partial charge is 0.469 e. The number of hydrogen-bond acceptors (Lipinski definition) is 9. The summed E-state index contributed by atoms with van der Waals surface area (Å²) < 4.78 is 4.75. The molecule has 4 N–H and O–H groups in total. The zero-order valence-electron chi connectivity index (χ0n) is 17.4. The quantitative estimate of drug-likeness (QED) is 0.201. The van der Waals surface area contributed by atoms with Gasteiger partial charge in [-0.15, -0.1) is 0 Å². The van der Waals surface area contributed by atoms with E-state index < -0.39 is 40.0 Å². The normalized spacial score (nSPS) is 12.7. The molecule has 178 valence electrons. The summed E-state index contributed by atoms with van der Waals surface area (Å²) in [6.45, 7) is 0. The Hall–Kier alpha value is -3.58. The van der Waals surface area contributed by atoms with Gasteiger partial charge in [-0.25, -0.2) is 4.98 Å². The maximum absolute atomic E-state index is 12.9. The molecule has 0 aliphatic heterocycles. The van der Waals surface area contributed by atoms with Gasteiger partial charge in [-0.05, 0) is 12.1 Å². The zero-order valence-corrected chi connectivity index (χ0v) is 18.9. The van der Waals surface area contributed by atoms with E-state index in [-0.39, 0.29) is 27.8 Å². The first kappa shape index (κ1) is 25.1. The highest BCUT2D eigenvalue weighted by molar-refractivity contribution is 6.40. The van der Waals surface area contributed by atoms with Gasteiger partial charge in [0.2, 0.25) is 5.91 Å². The van der Waals surface area contributed by atoms with Crippen LogP contribution in [0.25, 0.3) is 11.0 Å². The number of aromatic amines is 1. The van der Waals surface area contributed by atoms with Gasteiger partial charge in [-0.3, -0.25) is 24.5 Å². The van der Waals surface area contributed by atoms with Crippen molar-refractivity contribution in [1.29, 1.82) is 0 Å². The molecule has 2 aromatic carbocycles. The number of nitro benzene ring substituents is 1. The van der Waals surface area contributed by atoms with Crippen LogP contribution in [-0.4, -0.2) is 45.1 Å². The van der Waals surface area contributed by atoms with Gasteiger partial charge in [-0.2, -0.15) is 5.48 Å². The van der Waals surface area contributed by atoms with E-state index in [9.17, 15) is 29.7 Å². The number of benzene rings is 2. The number of esters is 1. The topological polar surface area (TPSA) is 177 Å². The molecule has 1 heterocycles. The summed E-state index contributed by atoms with van der Waals surface area (Å²) >= 11 is 12.0. The molecule has 0 bridgehead atoms. The SMILES string of the molecule is COC(=O)[C@H](Cc1nc2ccccc2[nH]c1=O)[C@H](NO)C(=O)Nc1c(Cl)cc([N+](=O)[O-])cc1Cl. The van der Waals surface area contributed by atoms with E-state index in [1.165, 1.54) is 0 Å². The average Bonchev–Trinajstić information content (AvgIpc) is 2.80. The Balaban J connectivity index is 1.93. The highest BCUT2D eigenvalue weighted by Crippen LogP contribution is 2.35. The van der Waals surface area contributed by atoms with Crippen molar-refractivity contribution in [3.8, 4) is 0 Å². The number of carbonyl (C=O) groups is 2. The van der Waals surface area contributed by atoms with Crippen molar-refractivity contribution in [2.24, 2.45) is 5.92 Å². The molecule has 1 amide bonds. The van der Waals surface area contributed by atoms with Gasteiger partial charge in [0.15, 0.2) is 0 Å². The Morgan fingerprint density at radius 1 is 1.26 bits per heavy atom. The van der Waals surface area contributed by atoms with E-state index in [4.69, 9.17) is 27.9 Å². The summed E-state index contributed by atoms with van der Waals surface area (Å²) in [5.41, 5.74) is 1.41. The number of carbonyl (C=O) groups excluding carboxylic acids is 2. The number of methoxy groups -OCH3 is 1. The highest BCUT2D eigenvalue weighted by atomic mass is 35.5. The molecule has 2 atom stereocenters. The number of nitrogens with one attached hydrogen (secondary N) is 3. The molecule has 0 aliphatic rings. The van der Waals surface area contributed by atoms with Gasteiger partial charge in [0.25, 0.3) is 11.2 Å². The molecule has 0 fully saturated rings. The lowest BCUT2D eigenvalue weighted by Gasteiger charge is -2.23. The molecule has 0 saturated carbocycles. The summed E-state index contributed by atoms with van der Waals surface area (Å²) in [4.78, 5) is 55.0. The maximum Gasteiger partial charge on any atom is 0.311 e. The second-order valence-corrected chi connectivity index (χ2v) is 7.82. The van der Waals surface area contributed by atoms with E-state index in [0.717, 1.165) is 19.2 Å². The van der Waals surface area contributed by atoms with Crippen LogP contribution in [0.15, 0.2) is 41.2 Å². The number of anilines is 1. The second kappa shape index (κ2) is 10.6. The van der Waals surface area contributed by atoms with Gasteiger partial charge >= 0.3 is 5.97 Å². The van der Waals surface area contributed by atoms with Gasteiger partial charge in [0.1, 0.15) is 11.7 Å². The van der Waals surface area contributed by atoms with Crippen molar-refractivity contribution in [1.82, 2.24) is 15.4 Å². The van der Waals surface area contributed by atoms with E-state index in [2.05, 4.69) is 15.3 Å². The van der Waals surface area contributed by atoms with Gasteiger partial charge in [0, 0.05) is 18.6 Å². The minimum atomic E-state index is -1.64. The first-order valence-corrected chi connectivity index (χ1v) is 10.3. The van der Waals surface area contributed by atoms with Crippen LogP contribution >= 0.6 is 23.2 Å². The van der Waals surface area contributed by atoms with Crippen molar-refractivity contribution in [2.45, 2.75) is 12.5 Å². The number of nitrogens with zero attached hydrogens (tertiary/aromatic N) is 2. The zero-order chi connectivity index (χ0) is 25.0. The Morgan fingerprint density at radius 2 is 1.91 bits per heavy atom. The number of fused-ring (bicyclic) bond motifs is 1. The van der Waals surface area contributed by atoms with Gasteiger partial charge < -0.3 is 20.2 Å². The van der Waals surface area contributed by atoms with Crippen LogP contribution in [0.4, 0.5) is 11.4 Å². The van der Waals surface area contributed by atoms with Crippen LogP contribution in [-0.2, 0) is 20.7 Å². The fraction of sp³-hybridized carbons (Fsp3) is 0.200. The Labute approximate surface area is 201 Å². The standard InChI is InChI=1S/C20H17Cl2N5O7/c1-34-20(30)10(8-15-18(28)24-14-5-3-2-4-13(14)23-15)16(26-31)19(29)25-17-11(21)6-9(27(32)33)7-12(17)22/h2-7,10,16,26,31H,8H2,1H3,(H,24,28)(H,25,29)/t10-,16+/m1/s1. The van der Waals surface area contributed by atoms with Crippen LogP contribution < -0.4 is 16.4 Å². The molecule has 12 nitrogen and oxygen atoms in total. The molecule has 1 aromatic heterocycles. The van der Waals surface area contributed by atoms with Crippen molar-refractivity contribution in [3.05, 3.63) is 72.6 Å². The highest BCUT2D eigenvalue weighted by Gasteiger charge is 2.36. The third-order valence-electron chi connectivity index (χ3n) is 4.90. The van der Waals surface area contributed by atoms with Crippen molar-refractivity contribution in [2.75, 3.05) is 12.4 Å². The van der Waals surface area contributed by atoms with E-state index in [1.807, 2.05) is 0 Å². The maximum atomic E-state index is 12.9. The number of H-pyrrole nitrogens is 1. The number of hydrogen-bond donors (Lipinski definition) is 4. The van der Waals surface area contributed by atoms with Gasteiger partial charge in [-0.1, -0.05) is 35.3 Å². The molecular weight excluding hydrogens is 493 g/mol. The predicted octanol–water partition coefficient (Wildman–Crippen LogP) is 2.46. The minimum absolute atomic E-state index is 0.0754. The molecule has 34 heavy (non-hydrogen) atoms. The van der Waals surface area contributed by atoms with Crippen molar-refractivity contribution < 1.29 is 24.5 Å². The first-order chi connectivity index (χ1) is 16.2. The summed E-state index contributed by atoms with van der Waals surface area (Å²) in [5, 5.41) is 22.5. The van der Waals surface area contributed by atoms with Crippen molar-refractivity contribution >= 4 is 57.5 Å². The second-order valence-electron chi connectivity index (χ2n) is 7.00. The molecule has 0 unspecified atom stereocenters. The minimum Gasteiger partial charge on any atom is -0.469 e. The smallest absolute Gasteiger partial charge is 0.311 e. The lowest BCUT2D eigenvalue weighted by atomic mass is 9.94. The molecular formula is C20H17Cl2N5O7. The molecule has 0 aliphatic carbocycles. The summed E-state index contributed by atoms with van der Waals surface area (Å²) in [5.74, 6) is -3.30. The van der Waals surface area contributed by atoms with Crippen LogP contribution in [0.1, 0.15) is 5.69 Å². The fourth-order valence-corrected chi connectivity index (χ4v) is 3.79. The molecule has 0 saturated heterocycles. The monoisotopic (exact) mass is 509 g/mol. The molecule has 0 spiro atoms. The molecule has 3 aromatic rings. The number of aromatic nitrogens is 2. The van der Waals surface area contributed by atoms with E-state index >= 15 is 0 Å². The number of amides is 1. The molecule has 3 rings (SSSR count). The first-order valence-electron chi connectivity index (χ1n) is 9.56. The molecule has 14 heteroatoms. The number of halogens is 2. The molecule has 0 radical (unpaired) electrons. The average molecular weight is 510 g/mol. The Morgan fingerprint density at radius 3 is 2.50 bits per heavy atom. The van der Waals surface area contributed by atoms with Crippen molar-refractivity contribution in [3.63, 3.8) is 0 Å². The number of ether oxygens (including phenoxy) is 1. The fourth-order valence-electron chi connectivity index (χ4n) is 3.22. The van der Waals surface area contributed by atoms with Crippen LogP contribution in [0.2, 0.25) is 10.0 Å². The van der Waals surface area contributed by atoms with Crippen LogP contribution in [0, 0.1) is 16.0 Å². The number of rotatable bonds is 8. The number of para-hydroxylation sites is 2. The number of hydroxylamine groups is 1. The lowest BCUT2D eigenvalue weighted by molar-refractivity contribution is -0.384. The number of nitro groups is 1. The van der Waals surface area contributed by atoms with Crippen LogP contribution in [0.3, 0.4) is 0 Å².